The van der Waals surface area contributed by atoms with Gasteiger partial charge < -0.3 is 5.32 Å². The van der Waals surface area contributed by atoms with Crippen molar-refractivity contribution in [3.8, 4) is 0 Å². The molecule has 0 atom stereocenters. The minimum atomic E-state index is -3.75. The predicted molar refractivity (Wildman–Crippen MR) is 104 cm³/mol. The zero-order chi connectivity index (χ0) is 18.7. The van der Waals surface area contributed by atoms with Crippen molar-refractivity contribution in [2.45, 2.75) is 11.8 Å². The van der Waals surface area contributed by atoms with E-state index in [0.29, 0.717) is 5.69 Å². The number of hydrogen-bond donors (Lipinski definition) is 1. The van der Waals surface area contributed by atoms with E-state index in [2.05, 4.69) is 5.32 Å². The molecule has 0 aromatic heterocycles. The van der Waals surface area contributed by atoms with E-state index in [1.807, 2.05) is 43.3 Å². The second-order valence-corrected chi connectivity index (χ2v) is 8.23. The number of carbonyl (C=O) groups is 1. The van der Waals surface area contributed by atoms with Gasteiger partial charge in [-0.05, 0) is 42.0 Å². The average molecular weight is 368 g/mol. The SMILES string of the molecule is Cc1ccc(NC(=O)CN(C)S(=O)(=O)c2ccc3ccccc3c2)cc1. The lowest BCUT2D eigenvalue weighted by Crippen LogP contribution is -2.34. The van der Waals surface area contributed by atoms with Crippen LogP contribution < -0.4 is 5.32 Å². The highest BCUT2D eigenvalue weighted by atomic mass is 32.2. The third-order valence-electron chi connectivity index (χ3n) is 4.13. The summed E-state index contributed by atoms with van der Waals surface area (Å²) in [4.78, 5) is 12.3. The molecule has 0 spiro atoms. The summed E-state index contributed by atoms with van der Waals surface area (Å²) >= 11 is 0. The molecule has 0 heterocycles. The Hall–Kier alpha value is -2.70. The van der Waals surface area contributed by atoms with Crippen LogP contribution in [0.25, 0.3) is 10.8 Å². The van der Waals surface area contributed by atoms with E-state index >= 15 is 0 Å². The molecular weight excluding hydrogens is 348 g/mol. The Balaban J connectivity index is 1.75. The van der Waals surface area contributed by atoms with Crippen molar-refractivity contribution in [1.29, 1.82) is 0 Å². The summed E-state index contributed by atoms with van der Waals surface area (Å²) in [5, 5.41) is 4.51. The minimum absolute atomic E-state index is 0.168. The third-order valence-corrected chi connectivity index (χ3v) is 5.93. The molecular formula is C20H20N2O3S. The standard InChI is InChI=1S/C20H20N2O3S/c1-15-7-10-18(11-8-15)21-20(23)14-22(2)26(24,25)19-12-9-16-5-3-4-6-17(16)13-19/h3-13H,14H2,1-2H3,(H,21,23). The summed E-state index contributed by atoms with van der Waals surface area (Å²) < 4.78 is 26.6. The summed E-state index contributed by atoms with van der Waals surface area (Å²) in [6.45, 7) is 1.69. The van der Waals surface area contributed by atoms with Crippen molar-refractivity contribution in [2.24, 2.45) is 0 Å². The number of aryl methyl sites for hydroxylation is 1. The molecule has 134 valence electrons. The van der Waals surface area contributed by atoms with E-state index < -0.39 is 10.0 Å². The number of fused-ring (bicyclic) bond motifs is 1. The molecule has 0 saturated heterocycles. The molecule has 0 aliphatic heterocycles. The number of anilines is 1. The fraction of sp³-hybridized carbons (Fsp3) is 0.150. The number of nitrogens with one attached hydrogen (secondary N) is 1. The van der Waals surface area contributed by atoms with Crippen LogP contribution in [0.5, 0.6) is 0 Å². The maximum atomic E-state index is 12.8. The first-order valence-corrected chi connectivity index (χ1v) is 9.62. The predicted octanol–water partition coefficient (Wildman–Crippen LogP) is 3.41. The Morgan fingerprint density at radius 1 is 0.962 bits per heavy atom. The Morgan fingerprint density at radius 2 is 1.62 bits per heavy atom. The summed E-state index contributed by atoms with van der Waals surface area (Å²) in [5.41, 5.74) is 1.72. The molecule has 0 saturated carbocycles. The molecule has 0 bridgehead atoms. The first-order chi connectivity index (χ1) is 12.4. The van der Waals surface area contributed by atoms with Gasteiger partial charge in [0.25, 0.3) is 0 Å². The van der Waals surface area contributed by atoms with Gasteiger partial charge in [-0.25, -0.2) is 8.42 Å². The van der Waals surface area contributed by atoms with Crippen LogP contribution in [0.4, 0.5) is 5.69 Å². The topological polar surface area (TPSA) is 66.5 Å². The second-order valence-electron chi connectivity index (χ2n) is 6.18. The van der Waals surface area contributed by atoms with Crippen LogP contribution in [0.15, 0.2) is 71.6 Å². The molecule has 0 unspecified atom stereocenters. The zero-order valence-electron chi connectivity index (χ0n) is 14.6. The highest BCUT2D eigenvalue weighted by molar-refractivity contribution is 7.89. The maximum Gasteiger partial charge on any atom is 0.243 e. The Bertz CT molecular complexity index is 1040. The van der Waals surface area contributed by atoms with Crippen LogP contribution in [0.1, 0.15) is 5.56 Å². The van der Waals surface area contributed by atoms with Crippen molar-refractivity contribution in [3.63, 3.8) is 0 Å². The summed E-state index contributed by atoms with van der Waals surface area (Å²) in [6.07, 6.45) is 0. The van der Waals surface area contributed by atoms with Crippen molar-refractivity contribution in [3.05, 3.63) is 72.3 Å². The van der Waals surface area contributed by atoms with Gasteiger partial charge in [0, 0.05) is 12.7 Å². The van der Waals surface area contributed by atoms with E-state index in [4.69, 9.17) is 0 Å². The van der Waals surface area contributed by atoms with E-state index in [1.165, 1.54) is 7.05 Å². The molecule has 0 aliphatic rings. The number of amides is 1. The lowest BCUT2D eigenvalue weighted by molar-refractivity contribution is -0.116. The highest BCUT2D eigenvalue weighted by Crippen LogP contribution is 2.21. The van der Waals surface area contributed by atoms with Crippen LogP contribution in [-0.2, 0) is 14.8 Å². The molecule has 1 amide bonds. The Labute approximate surface area is 153 Å². The molecule has 5 nitrogen and oxygen atoms in total. The fourth-order valence-electron chi connectivity index (χ4n) is 2.63. The maximum absolute atomic E-state index is 12.8. The molecule has 0 aliphatic carbocycles. The fourth-order valence-corrected chi connectivity index (χ4v) is 3.80. The van der Waals surface area contributed by atoms with E-state index in [0.717, 1.165) is 20.6 Å². The number of hydrogen-bond acceptors (Lipinski definition) is 3. The van der Waals surface area contributed by atoms with Crippen LogP contribution in [0, 0.1) is 6.92 Å². The van der Waals surface area contributed by atoms with E-state index in [-0.39, 0.29) is 17.3 Å². The number of nitrogens with zero attached hydrogens (tertiary/aromatic N) is 1. The molecule has 0 radical (unpaired) electrons. The smallest absolute Gasteiger partial charge is 0.243 e. The first kappa shape index (κ1) is 18.1. The molecule has 3 rings (SSSR count). The Morgan fingerprint density at radius 3 is 2.31 bits per heavy atom. The van der Waals surface area contributed by atoms with Crippen LogP contribution in [0.3, 0.4) is 0 Å². The number of likely N-dealkylation sites (N-methyl/N-ethyl adjacent to an activating group) is 1. The highest BCUT2D eigenvalue weighted by Gasteiger charge is 2.23. The summed E-state index contributed by atoms with van der Waals surface area (Å²) in [6, 6.07) is 19.8. The van der Waals surface area contributed by atoms with Crippen molar-refractivity contribution >= 4 is 32.4 Å². The first-order valence-electron chi connectivity index (χ1n) is 8.18. The van der Waals surface area contributed by atoms with Gasteiger partial charge in [-0.2, -0.15) is 4.31 Å². The molecule has 3 aromatic carbocycles. The average Bonchev–Trinajstić information content (AvgIpc) is 2.63. The number of benzene rings is 3. The normalized spacial score (nSPS) is 11.7. The van der Waals surface area contributed by atoms with Gasteiger partial charge in [-0.1, -0.05) is 48.0 Å². The molecule has 6 heteroatoms. The van der Waals surface area contributed by atoms with Crippen molar-refractivity contribution in [1.82, 2.24) is 4.31 Å². The molecule has 0 fully saturated rings. The summed E-state index contributed by atoms with van der Waals surface area (Å²) in [5.74, 6) is -0.388. The van der Waals surface area contributed by atoms with E-state index in [9.17, 15) is 13.2 Å². The molecule has 3 aromatic rings. The van der Waals surface area contributed by atoms with Gasteiger partial charge in [-0.3, -0.25) is 4.79 Å². The monoisotopic (exact) mass is 368 g/mol. The van der Waals surface area contributed by atoms with Gasteiger partial charge in [0.1, 0.15) is 0 Å². The van der Waals surface area contributed by atoms with Gasteiger partial charge in [0.2, 0.25) is 15.9 Å². The zero-order valence-corrected chi connectivity index (χ0v) is 15.5. The second kappa shape index (κ2) is 7.27. The van der Waals surface area contributed by atoms with E-state index in [1.54, 1.807) is 30.3 Å². The van der Waals surface area contributed by atoms with Gasteiger partial charge in [0.15, 0.2) is 0 Å². The lowest BCUT2D eigenvalue weighted by Gasteiger charge is -2.17. The van der Waals surface area contributed by atoms with Gasteiger partial charge in [-0.15, -0.1) is 0 Å². The minimum Gasteiger partial charge on any atom is -0.325 e. The quantitative estimate of drug-likeness (QED) is 0.750. The van der Waals surface area contributed by atoms with Crippen LogP contribution >= 0.6 is 0 Å². The van der Waals surface area contributed by atoms with Crippen LogP contribution in [-0.4, -0.2) is 32.2 Å². The molecule has 26 heavy (non-hydrogen) atoms. The Kier molecular flexibility index (Phi) is 5.06. The third kappa shape index (κ3) is 3.92. The summed E-state index contributed by atoms with van der Waals surface area (Å²) in [7, 11) is -2.35. The van der Waals surface area contributed by atoms with Gasteiger partial charge in [0.05, 0.1) is 11.4 Å². The number of sulfonamides is 1. The van der Waals surface area contributed by atoms with Crippen LogP contribution in [0.2, 0.25) is 0 Å². The largest absolute Gasteiger partial charge is 0.325 e. The number of carbonyl (C=O) groups excluding carboxylic acids is 1. The molecule has 1 N–H and O–H groups in total. The number of rotatable bonds is 5. The van der Waals surface area contributed by atoms with Crippen molar-refractivity contribution < 1.29 is 13.2 Å². The lowest BCUT2D eigenvalue weighted by atomic mass is 10.1. The van der Waals surface area contributed by atoms with Gasteiger partial charge >= 0.3 is 0 Å². The van der Waals surface area contributed by atoms with Crippen molar-refractivity contribution in [2.75, 3.05) is 18.9 Å².